The molecule has 0 spiro atoms. The molecule has 3 aromatic rings. The van der Waals surface area contributed by atoms with E-state index in [1.165, 1.54) is 12.1 Å². The number of likely N-dealkylation sites (tertiary alicyclic amines) is 1. The van der Waals surface area contributed by atoms with E-state index in [1.54, 1.807) is 30.5 Å². The number of aromatic nitrogens is 2. The molecule has 1 aromatic heterocycles. The van der Waals surface area contributed by atoms with Crippen molar-refractivity contribution in [3.05, 3.63) is 88.2 Å². The quantitative estimate of drug-likeness (QED) is 0.638. The van der Waals surface area contributed by atoms with Crippen LogP contribution in [0.25, 0.3) is 0 Å². The van der Waals surface area contributed by atoms with Gasteiger partial charge in [0.25, 0.3) is 5.91 Å². The summed E-state index contributed by atoms with van der Waals surface area (Å²) in [5.41, 5.74) is 2.86. The standard InChI is InChI=1S/C23H22ClFN4O/c1-15-21(23(30)28-20-8-4-18(24)5-9-20)12-26-22(27-15)17-10-11-29(14-17)13-16-2-6-19(25)7-3-16/h2-9,12,17H,10-11,13-14H2,1H3,(H,28,30). The predicted molar refractivity (Wildman–Crippen MR) is 115 cm³/mol. The van der Waals surface area contributed by atoms with E-state index in [4.69, 9.17) is 11.6 Å². The van der Waals surface area contributed by atoms with Gasteiger partial charge in [0.15, 0.2) is 0 Å². The molecule has 1 aliphatic heterocycles. The van der Waals surface area contributed by atoms with Gasteiger partial charge in [-0.1, -0.05) is 23.7 Å². The molecule has 1 N–H and O–H groups in total. The molecule has 1 fully saturated rings. The molecule has 1 unspecified atom stereocenters. The second kappa shape index (κ2) is 8.90. The Hall–Kier alpha value is -2.83. The van der Waals surface area contributed by atoms with Crippen molar-refractivity contribution in [2.24, 2.45) is 0 Å². The zero-order valence-corrected chi connectivity index (χ0v) is 17.4. The number of benzene rings is 2. The van der Waals surface area contributed by atoms with E-state index in [0.29, 0.717) is 22.0 Å². The monoisotopic (exact) mass is 424 g/mol. The van der Waals surface area contributed by atoms with Crippen molar-refractivity contribution in [2.45, 2.75) is 25.8 Å². The van der Waals surface area contributed by atoms with Gasteiger partial charge in [0, 0.05) is 35.9 Å². The molecule has 0 bridgehead atoms. The highest BCUT2D eigenvalue weighted by molar-refractivity contribution is 6.30. The van der Waals surface area contributed by atoms with Gasteiger partial charge in [-0.15, -0.1) is 0 Å². The molecule has 2 heterocycles. The Balaban J connectivity index is 1.39. The molecule has 1 atom stereocenters. The number of aryl methyl sites for hydroxylation is 1. The SMILES string of the molecule is Cc1nc(C2CCN(Cc3ccc(F)cc3)C2)ncc1C(=O)Nc1ccc(Cl)cc1. The molecule has 1 aliphatic rings. The lowest BCUT2D eigenvalue weighted by atomic mass is 10.1. The molecule has 4 rings (SSSR count). The highest BCUT2D eigenvalue weighted by Crippen LogP contribution is 2.26. The van der Waals surface area contributed by atoms with E-state index in [9.17, 15) is 9.18 Å². The van der Waals surface area contributed by atoms with Gasteiger partial charge in [-0.05, 0) is 61.9 Å². The third-order valence-electron chi connectivity index (χ3n) is 5.30. The van der Waals surface area contributed by atoms with E-state index in [-0.39, 0.29) is 17.6 Å². The topological polar surface area (TPSA) is 58.1 Å². The van der Waals surface area contributed by atoms with Gasteiger partial charge in [-0.25, -0.2) is 14.4 Å². The highest BCUT2D eigenvalue weighted by atomic mass is 35.5. The first kappa shape index (κ1) is 20.4. The van der Waals surface area contributed by atoms with Gasteiger partial charge in [-0.3, -0.25) is 9.69 Å². The summed E-state index contributed by atoms with van der Waals surface area (Å²) < 4.78 is 13.1. The number of rotatable bonds is 5. The lowest BCUT2D eigenvalue weighted by Gasteiger charge is -2.16. The summed E-state index contributed by atoms with van der Waals surface area (Å²) in [4.78, 5) is 24.0. The van der Waals surface area contributed by atoms with Crippen LogP contribution in [-0.4, -0.2) is 33.9 Å². The number of carbonyl (C=O) groups is 1. The van der Waals surface area contributed by atoms with Gasteiger partial charge in [-0.2, -0.15) is 0 Å². The largest absolute Gasteiger partial charge is 0.322 e. The maximum atomic E-state index is 13.1. The van der Waals surface area contributed by atoms with Crippen molar-refractivity contribution in [3.63, 3.8) is 0 Å². The lowest BCUT2D eigenvalue weighted by Crippen LogP contribution is -2.21. The van der Waals surface area contributed by atoms with E-state index in [1.807, 2.05) is 19.1 Å². The molecule has 1 saturated heterocycles. The first-order valence-electron chi connectivity index (χ1n) is 9.85. The van der Waals surface area contributed by atoms with Crippen LogP contribution in [-0.2, 0) is 6.54 Å². The molecule has 0 saturated carbocycles. The molecule has 0 aliphatic carbocycles. The minimum atomic E-state index is -0.245. The van der Waals surface area contributed by atoms with Crippen LogP contribution in [0, 0.1) is 12.7 Å². The summed E-state index contributed by atoms with van der Waals surface area (Å²) in [6.07, 6.45) is 2.56. The molecule has 0 radical (unpaired) electrons. The maximum absolute atomic E-state index is 13.1. The Labute approximate surface area is 179 Å². The van der Waals surface area contributed by atoms with Crippen molar-refractivity contribution >= 4 is 23.2 Å². The second-order valence-corrected chi connectivity index (χ2v) is 7.97. The van der Waals surface area contributed by atoms with Crippen LogP contribution in [0.4, 0.5) is 10.1 Å². The van der Waals surface area contributed by atoms with Crippen LogP contribution < -0.4 is 5.32 Å². The third kappa shape index (κ3) is 4.83. The van der Waals surface area contributed by atoms with Crippen LogP contribution in [0.3, 0.4) is 0 Å². The lowest BCUT2D eigenvalue weighted by molar-refractivity contribution is 0.102. The Morgan fingerprint density at radius 1 is 1.20 bits per heavy atom. The maximum Gasteiger partial charge on any atom is 0.259 e. The summed E-state index contributed by atoms with van der Waals surface area (Å²) in [5.74, 6) is 0.516. The van der Waals surface area contributed by atoms with Crippen LogP contribution in [0.15, 0.2) is 54.7 Å². The van der Waals surface area contributed by atoms with Crippen molar-refractivity contribution in [1.82, 2.24) is 14.9 Å². The van der Waals surface area contributed by atoms with Crippen molar-refractivity contribution in [3.8, 4) is 0 Å². The molecular weight excluding hydrogens is 403 g/mol. The highest BCUT2D eigenvalue weighted by Gasteiger charge is 2.26. The smallest absolute Gasteiger partial charge is 0.259 e. The fraction of sp³-hybridized carbons (Fsp3) is 0.261. The zero-order valence-electron chi connectivity index (χ0n) is 16.6. The average Bonchev–Trinajstić information content (AvgIpc) is 3.20. The van der Waals surface area contributed by atoms with Gasteiger partial charge < -0.3 is 5.32 Å². The summed E-state index contributed by atoms with van der Waals surface area (Å²) in [5, 5.41) is 3.45. The molecular formula is C23H22ClFN4O. The number of nitrogens with one attached hydrogen (secondary N) is 1. The number of nitrogens with zero attached hydrogens (tertiary/aromatic N) is 3. The normalized spacial score (nSPS) is 16.6. The van der Waals surface area contributed by atoms with E-state index in [0.717, 1.165) is 37.4 Å². The first-order chi connectivity index (χ1) is 14.5. The van der Waals surface area contributed by atoms with E-state index in [2.05, 4.69) is 20.2 Å². The molecule has 7 heteroatoms. The predicted octanol–water partition coefficient (Wildman–Crippen LogP) is 4.82. The number of carbonyl (C=O) groups excluding carboxylic acids is 1. The molecule has 30 heavy (non-hydrogen) atoms. The van der Waals surface area contributed by atoms with Gasteiger partial charge in [0.2, 0.25) is 0 Å². The van der Waals surface area contributed by atoms with Crippen LogP contribution in [0.1, 0.15) is 39.8 Å². The number of hydrogen-bond acceptors (Lipinski definition) is 4. The van der Waals surface area contributed by atoms with Crippen LogP contribution >= 0.6 is 11.6 Å². The Bertz CT molecular complexity index is 1040. The number of halogens is 2. The summed E-state index contributed by atoms with van der Waals surface area (Å²) in [6, 6.07) is 13.6. The number of anilines is 1. The minimum Gasteiger partial charge on any atom is -0.322 e. The van der Waals surface area contributed by atoms with E-state index < -0.39 is 0 Å². The minimum absolute atomic E-state index is 0.220. The number of hydrogen-bond donors (Lipinski definition) is 1. The van der Waals surface area contributed by atoms with Crippen LogP contribution in [0.5, 0.6) is 0 Å². The molecule has 2 aromatic carbocycles. The Morgan fingerprint density at radius 3 is 2.63 bits per heavy atom. The fourth-order valence-electron chi connectivity index (χ4n) is 3.67. The first-order valence-corrected chi connectivity index (χ1v) is 10.2. The van der Waals surface area contributed by atoms with Gasteiger partial charge in [0.1, 0.15) is 11.6 Å². The Morgan fingerprint density at radius 2 is 1.93 bits per heavy atom. The van der Waals surface area contributed by atoms with Gasteiger partial charge in [0.05, 0.1) is 11.3 Å². The summed E-state index contributed by atoms with van der Waals surface area (Å²) >= 11 is 5.88. The molecule has 5 nitrogen and oxygen atoms in total. The van der Waals surface area contributed by atoms with Crippen molar-refractivity contribution in [2.75, 3.05) is 18.4 Å². The molecule has 1 amide bonds. The van der Waals surface area contributed by atoms with Gasteiger partial charge >= 0.3 is 0 Å². The zero-order chi connectivity index (χ0) is 21.1. The van der Waals surface area contributed by atoms with Crippen LogP contribution in [0.2, 0.25) is 5.02 Å². The van der Waals surface area contributed by atoms with Crippen molar-refractivity contribution < 1.29 is 9.18 Å². The summed E-state index contributed by atoms with van der Waals surface area (Å²) in [6.45, 7) is 4.38. The van der Waals surface area contributed by atoms with Crippen molar-refractivity contribution in [1.29, 1.82) is 0 Å². The van der Waals surface area contributed by atoms with E-state index >= 15 is 0 Å². The summed E-state index contributed by atoms with van der Waals surface area (Å²) in [7, 11) is 0. The fourth-order valence-corrected chi connectivity index (χ4v) is 3.80. The third-order valence-corrected chi connectivity index (χ3v) is 5.55. The second-order valence-electron chi connectivity index (χ2n) is 7.54. The average molecular weight is 425 g/mol. The number of amides is 1. The molecule has 154 valence electrons. The Kier molecular flexibility index (Phi) is 6.06.